The molecule has 1 aromatic rings. The zero-order chi connectivity index (χ0) is 15.9. The Morgan fingerprint density at radius 2 is 2.10 bits per heavy atom. The second-order valence-corrected chi connectivity index (χ2v) is 7.70. The number of hydrogen-bond acceptors (Lipinski definition) is 3. The first-order valence-electron chi connectivity index (χ1n) is 6.55. The first-order chi connectivity index (χ1) is 9.86. The van der Waals surface area contributed by atoms with Gasteiger partial charge in [0, 0.05) is 12.3 Å². The van der Waals surface area contributed by atoms with Crippen molar-refractivity contribution in [2.45, 2.75) is 25.5 Å². The highest BCUT2D eigenvalue weighted by molar-refractivity contribution is 7.91. The maximum Gasteiger partial charge on any atom is 0.155 e. The van der Waals surface area contributed by atoms with Crippen molar-refractivity contribution in [3.05, 3.63) is 29.6 Å². The molecule has 0 aliphatic carbocycles. The first-order valence-corrected chi connectivity index (χ1v) is 8.80. The minimum Gasteiger partial charge on any atom is -0.491 e. The molecule has 0 spiro atoms. The molecule has 0 bridgehead atoms. The molecule has 1 rings (SSSR count). The van der Waals surface area contributed by atoms with Gasteiger partial charge >= 0.3 is 0 Å². The van der Waals surface area contributed by atoms with E-state index in [4.69, 9.17) is 16.3 Å². The average molecular weight is 333 g/mol. The largest absolute Gasteiger partial charge is 0.491 e. The summed E-state index contributed by atoms with van der Waals surface area (Å²) in [5.74, 6) is 5.83. The monoisotopic (exact) mass is 332 g/mol. The number of hydrogen-bond donors (Lipinski definition) is 0. The molecule has 6 heteroatoms. The predicted molar refractivity (Wildman–Crippen MR) is 83.0 cm³/mol. The van der Waals surface area contributed by atoms with Gasteiger partial charge in [-0.15, -0.1) is 11.6 Å². The van der Waals surface area contributed by atoms with Crippen molar-refractivity contribution in [1.82, 2.24) is 0 Å². The van der Waals surface area contributed by atoms with Gasteiger partial charge in [0.1, 0.15) is 18.2 Å². The molecule has 0 aliphatic rings. The molecule has 0 saturated carbocycles. The number of rotatable bonds is 6. The fourth-order valence-electron chi connectivity index (χ4n) is 1.43. The second kappa shape index (κ2) is 8.26. The summed E-state index contributed by atoms with van der Waals surface area (Å²) in [5, 5.41) is -0.447. The highest BCUT2D eigenvalue weighted by Gasteiger charge is 2.16. The van der Waals surface area contributed by atoms with Crippen LogP contribution >= 0.6 is 11.6 Å². The molecule has 0 saturated heterocycles. The molecule has 0 unspecified atom stereocenters. The van der Waals surface area contributed by atoms with Gasteiger partial charge in [0.2, 0.25) is 0 Å². The van der Waals surface area contributed by atoms with Crippen molar-refractivity contribution >= 4 is 21.4 Å². The van der Waals surface area contributed by atoms with Gasteiger partial charge in [-0.25, -0.2) is 12.8 Å². The highest BCUT2D eigenvalue weighted by atomic mass is 35.5. The van der Waals surface area contributed by atoms with Gasteiger partial charge < -0.3 is 4.74 Å². The van der Waals surface area contributed by atoms with Crippen LogP contribution in [0.4, 0.5) is 4.39 Å². The van der Waals surface area contributed by atoms with Crippen molar-refractivity contribution in [2.24, 2.45) is 0 Å². The molecule has 0 aliphatic heterocycles. The van der Waals surface area contributed by atoms with E-state index in [1.807, 2.05) is 0 Å². The van der Waals surface area contributed by atoms with E-state index in [0.717, 1.165) is 0 Å². The number of sulfone groups is 1. The lowest BCUT2D eigenvalue weighted by molar-refractivity contribution is 0.339. The SMILES string of the molecule is CC(C)S(=O)(=O)CCOc1ccc(F)cc1C#CCCCl. The van der Waals surface area contributed by atoms with Gasteiger partial charge in [-0.05, 0) is 32.0 Å². The Labute approximate surface area is 130 Å². The van der Waals surface area contributed by atoms with E-state index in [9.17, 15) is 12.8 Å². The zero-order valence-electron chi connectivity index (χ0n) is 12.0. The molecule has 116 valence electrons. The van der Waals surface area contributed by atoms with E-state index in [-0.39, 0.29) is 12.4 Å². The molecule has 0 fully saturated rings. The van der Waals surface area contributed by atoms with E-state index in [0.29, 0.717) is 23.6 Å². The van der Waals surface area contributed by atoms with Crippen molar-refractivity contribution in [2.75, 3.05) is 18.2 Å². The molecular formula is C15H18ClFO3S. The van der Waals surface area contributed by atoms with Crippen molar-refractivity contribution in [3.8, 4) is 17.6 Å². The Bertz CT molecular complexity index is 630. The summed E-state index contributed by atoms with van der Waals surface area (Å²) >= 11 is 5.53. The normalized spacial score (nSPS) is 11.1. The number of halogens is 2. The number of benzene rings is 1. The molecule has 21 heavy (non-hydrogen) atoms. The first kappa shape index (κ1) is 17.8. The zero-order valence-corrected chi connectivity index (χ0v) is 13.6. The van der Waals surface area contributed by atoms with Gasteiger partial charge in [0.15, 0.2) is 9.84 Å². The van der Waals surface area contributed by atoms with Crippen LogP contribution in [0.1, 0.15) is 25.8 Å². The predicted octanol–water partition coefficient (Wildman–Crippen LogP) is 3.01. The van der Waals surface area contributed by atoms with E-state index < -0.39 is 20.9 Å². The summed E-state index contributed by atoms with van der Waals surface area (Å²) in [5.41, 5.74) is 0.391. The quantitative estimate of drug-likeness (QED) is 0.594. The van der Waals surface area contributed by atoms with Gasteiger partial charge in [0.25, 0.3) is 0 Å². The minimum absolute atomic E-state index is 0.0102. The third kappa shape index (κ3) is 5.94. The fourth-order valence-corrected chi connectivity index (χ4v) is 2.32. The highest BCUT2D eigenvalue weighted by Crippen LogP contribution is 2.19. The lowest BCUT2D eigenvalue weighted by atomic mass is 10.2. The molecule has 0 heterocycles. The Hall–Kier alpha value is -1.25. The Balaban J connectivity index is 2.78. The second-order valence-electron chi connectivity index (χ2n) is 4.65. The molecule has 0 atom stereocenters. The minimum atomic E-state index is -3.16. The molecule has 1 aromatic carbocycles. The molecule has 0 N–H and O–H groups in total. The van der Waals surface area contributed by atoms with E-state index >= 15 is 0 Å². The van der Waals surface area contributed by atoms with Crippen LogP contribution in [0.2, 0.25) is 0 Å². The van der Waals surface area contributed by atoms with Crippen LogP contribution in [-0.4, -0.2) is 31.9 Å². The summed E-state index contributed by atoms with van der Waals surface area (Å²) in [7, 11) is -3.16. The topological polar surface area (TPSA) is 43.4 Å². The molecule has 0 radical (unpaired) electrons. The summed E-state index contributed by atoms with van der Waals surface area (Å²) in [6.07, 6.45) is 0.485. The average Bonchev–Trinajstić information content (AvgIpc) is 2.41. The van der Waals surface area contributed by atoms with Gasteiger partial charge in [-0.2, -0.15) is 0 Å². The smallest absolute Gasteiger partial charge is 0.155 e. The lowest BCUT2D eigenvalue weighted by Crippen LogP contribution is -2.22. The van der Waals surface area contributed by atoms with Crippen molar-refractivity contribution in [1.29, 1.82) is 0 Å². The fraction of sp³-hybridized carbons (Fsp3) is 0.467. The molecule has 0 amide bonds. The summed E-state index contributed by atoms with van der Waals surface area (Å²) < 4.78 is 42.0. The summed E-state index contributed by atoms with van der Waals surface area (Å²) in [6.45, 7) is 3.25. The van der Waals surface area contributed by atoms with Gasteiger partial charge in [-0.3, -0.25) is 0 Å². The lowest BCUT2D eigenvalue weighted by Gasteiger charge is -2.10. The van der Waals surface area contributed by atoms with Crippen LogP contribution in [0.15, 0.2) is 18.2 Å². The Kier molecular flexibility index (Phi) is 7.00. The number of ether oxygens (including phenoxy) is 1. The van der Waals surface area contributed by atoms with Gasteiger partial charge in [0.05, 0.1) is 16.6 Å². The standard InChI is InChI=1S/C15H18ClFO3S/c1-12(2)21(18,19)10-9-20-15-7-6-14(17)11-13(15)5-3-4-8-16/h6-7,11-12H,4,8-10H2,1-2H3. The third-order valence-corrected chi connectivity index (χ3v) is 5.09. The summed E-state index contributed by atoms with van der Waals surface area (Å²) in [4.78, 5) is 0. The third-order valence-electron chi connectivity index (χ3n) is 2.73. The molecule has 3 nitrogen and oxygen atoms in total. The molecule has 0 aromatic heterocycles. The van der Waals surface area contributed by atoms with Crippen LogP contribution < -0.4 is 4.74 Å². The maximum atomic E-state index is 13.2. The van der Waals surface area contributed by atoms with Crippen LogP contribution in [0, 0.1) is 17.7 Å². The van der Waals surface area contributed by atoms with E-state index in [1.54, 1.807) is 13.8 Å². The van der Waals surface area contributed by atoms with Crippen molar-refractivity contribution < 1.29 is 17.5 Å². The van der Waals surface area contributed by atoms with Crippen LogP contribution in [0.25, 0.3) is 0 Å². The van der Waals surface area contributed by atoms with Crippen LogP contribution in [0.3, 0.4) is 0 Å². The number of alkyl halides is 1. The molecular weight excluding hydrogens is 315 g/mol. The van der Waals surface area contributed by atoms with E-state index in [2.05, 4.69) is 11.8 Å². The Morgan fingerprint density at radius 3 is 2.71 bits per heavy atom. The maximum absolute atomic E-state index is 13.2. The van der Waals surface area contributed by atoms with Gasteiger partial charge in [-0.1, -0.05) is 11.8 Å². The summed E-state index contributed by atoms with van der Waals surface area (Å²) in [6, 6.07) is 3.95. The Morgan fingerprint density at radius 1 is 1.38 bits per heavy atom. The van der Waals surface area contributed by atoms with Crippen LogP contribution in [0.5, 0.6) is 5.75 Å². The van der Waals surface area contributed by atoms with Crippen LogP contribution in [-0.2, 0) is 9.84 Å². The van der Waals surface area contributed by atoms with Crippen molar-refractivity contribution in [3.63, 3.8) is 0 Å². The van der Waals surface area contributed by atoms with E-state index in [1.165, 1.54) is 18.2 Å².